The van der Waals surface area contributed by atoms with Gasteiger partial charge in [-0.3, -0.25) is 4.79 Å². The van der Waals surface area contributed by atoms with E-state index in [2.05, 4.69) is 0 Å². The Labute approximate surface area is 96.6 Å². The zero-order chi connectivity index (χ0) is 12.5. The van der Waals surface area contributed by atoms with Gasteiger partial charge in [-0.2, -0.15) is 0 Å². The Morgan fingerprint density at radius 3 is 2.38 bits per heavy atom. The van der Waals surface area contributed by atoms with Crippen molar-refractivity contribution in [1.82, 2.24) is 0 Å². The third-order valence-corrected chi connectivity index (χ3v) is 3.38. The minimum absolute atomic E-state index is 0.0694. The molecule has 0 aromatic carbocycles. The van der Waals surface area contributed by atoms with Crippen LogP contribution in [0.2, 0.25) is 0 Å². The lowest BCUT2D eigenvalue weighted by molar-refractivity contribution is -0.151. The Balaban J connectivity index is 3.34. The number of rotatable bonds is 3. The molecule has 0 aromatic rings. The molecule has 2 unspecified atom stereocenters. The summed E-state index contributed by atoms with van der Waals surface area (Å²) in [6, 6.07) is 0. The number of hydrogen-bond donors (Lipinski definition) is 3. The first-order chi connectivity index (χ1) is 7.37. The first-order valence-corrected chi connectivity index (χ1v) is 4.91. The monoisotopic (exact) mass is 246 g/mol. The van der Waals surface area contributed by atoms with Gasteiger partial charge in [-0.05, 0) is 6.08 Å². The fraction of sp³-hybridized carbons (Fsp3) is 0.400. The molecule has 3 N–H and O–H groups in total. The van der Waals surface area contributed by atoms with Crippen LogP contribution in [0.25, 0.3) is 0 Å². The van der Waals surface area contributed by atoms with Gasteiger partial charge in [0.1, 0.15) is 5.41 Å². The lowest BCUT2D eigenvalue weighted by Gasteiger charge is -2.35. The number of carboxylic acid groups (broad SMARTS) is 2. The molecule has 0 aliphatic heterocycles. The number of aliphatic hydroxyl groups is 1. The average Bonchev–Trinajstić information content (AvgIpc) is 2.17. The number of allylic oxidation sites excluding steroid dienone is 2. The van der Waals surface area contributed by atoms with Crippen molar-refractivity contribution in [1.29, 1.82) is 0 Å². The predicted octanol–water partition coefficient (Wildman–Crippen LogP) is 0.833. The van der Waals surface area contributed by atoms with Crippen LogP contribution < -0.4 is 0 Å². The molecular formula is C10H11ClO5. The topological polar surface area (TPSA) is 94.8 Å². The molecule has 0 saturated carbocycles. The van der Waals surface area contributed by atoms with Crippen molar-refractivity contribution in [3.63, 3.8) is 0 Å². The van der Waals surface area contributed by atoms with Crippen molar-refractivity contribution in [3.05, 3.63) is 22.8 Å². The van der Waals surface area contributed by atoms with E-state index in [4.69, 9.17) is 21.8 Å². The Kier molecular flexibility index (Phi) is 3.40. The minimum atomic E-state index is -1.76. The molecule has 0 spiro atoms. The van der Waals surface area contributed by atoms with Crippen molar-refractivity contribution < 1.29 is 24.9 Å². The van der Waals surface area contributed by atoms with Crippen LogP contribution in [-0.2, 0) is 9.59 Å². The van der Waals surface area contributed by atoms with Crippen LogP contribution in [0, 0.1) is 11.3 Å². The van der Waals surface area contributed by atoms with Gasteiger partial charge in [0.25, 0.3) is 0 Å². The molecule has 16 heavy (non-hydrogen) atoms. The van der Waals surface area contributed by atoms with Crippen molar-refractivity contribution >= 4 is 23.5 Å². The van der Waals surface area contributed by atoms with Gasteiger partial charge in [0, 0.05) is 16.5 Å². The molecule has 0 fully saturated rings. The summed E-state index contributed by atoms with van der Waals surface area (Å²) in [5, 5.41) is 27.2. The second-order valence-corrected chi connectivity index (χ2v) is 4.01. The molecule has 88 valence electrons. The van der Waals surface area contributed by atoms with Crippen LogP contribution in [0.1, 0.15) is 6.92 Å². The van der Waals surface area contributed by atoms with E-state index in [1.54, 1.807) is 0 Å². The number of aliphatic hydroxyl groups excluding tert-OH is 1. The fourth-order valence-corrected chi connectivity index (χ4v) is 2.12. The maximum Gasteiger partial charge on any atom is 0.331 e. The highest BCUT2D eigenvalue weighted by Crippen LogP contribution is 2.44. The molecule has 2 atom stereocenters. The van der Waals surface area contributed by atoms with Gasteiger partial charge in [-0.25, -0.2) is 4.79 Å². The summed E-state index contributed by atoms with van der Waals surface area (Å²) in [5.74, 6) is -3.45. The summed E-state index contributed by atoms with van der Waals surface area (Å²) in [5.41, 5.74) is -1.84. The molecule has 5 nitrogen and oxygen atoms in total. The lowest BCUT2D eigenvalue weighted by atomic mass is 9.70. The van der Waals surface area contributed by atoms with Gasteiger partial charge in [0.15, 0.2) is 0 Å². The molecule has 1 aliphatic rings. The molecule has 0 radical (unpaired) electrons. The maximum absolute atomic E-state index is 11.2. The van der Waals surface area contributed by atoms with Crippen LogP contribution in [0.15, 0.2) is 22.8 Å². The zero-order valence-electron chi connectivity index (χ0n) is 8.48. The molecule has 6 heteroatoms. The fourth-order valence-electron chi connectivity index (χ4n) is 1.75. The highest BCUT2D eigenvalue weighted by atomic mass is 35.5. The minimum Gasteiger partial charge on any atom is -0.480 e. The van der Waals surface area contributed by atoms with E-state index in [1.807, 2.05) is 0 Å². The molecule has 0 aromatic heterocycles. The van der Waals surface area contributed by atoms with Gasteiger partial charge in [-0.15, -0.1) is 0 Å². The van der Waals surface area contributed by atoms with E-state index in [9.17, 15) is 14.7 Å². The van der Waals surface area contributed by atoms with E-state index >= 15 is 0 Å². The number of carboxylic acids is 2. The first kappa shape index (κ1) is 12.7. The van der Waals surface area contributed by atoms with Crippen LogP contribution in [0.5, 0.6) is 0 Å². The Hall–Kier alpha value is -1.33. The summed E-state index contributed by atoms with van der Waals surface area (Å²) in [6.45, 7) is 0.670. The molecule has 1 aliphatic carbocycles. The van der Waals surface area contributed by atoms with Crippen LogP contribution >= 0.6 is 11.6 Å². The molecule has 0 heterocycles. The van der Waals surface area contributed by atoms with Crippen LogP contribution in [-0.4, -0.2) is 33.9 Å². The van der Waals surface area contributed by atoms with Crippen molar-refractivity contribution in [2.75, 3.05) is 6.61 Å². The van der Waals surface area contributed by atoms with E-state index in [-0.39, 0.29) is 10.6 Å². The standard InChI is InChI=1S/C10H11ClO5/c1-5-6(8(13)14)2-3-7(11)10(5,4-12)9(15)16/h2-3,5,12H,4H2,1H3,(H,13,14)(H,15,16). The highest BCUT2D eigenvalue weighted by molar-refractivity contribution is 6.32. The maximum atomic E-state index is 11.2. The lowest BCUT2D eigenvalue weighted by Crippen LogP contribution is -2.44. The van der Waals surface area contributed by atoms with E-state index in [1.165, 1.54) is 19.1 Å². The normalized spacial score (nSPS) is 29.3. The van der Waals surface area contributed by atoms with Gasteiger partial charge in [0.2, 0.25) is 0 Å². The molecule has 0 amide bonds. The Morgan fingerprint density at radius 2 is 2.00 bits per heavy atom. The quantitative estimate of drug-likeness (QED) is 0.686. The largest absolute Gasteiger partial charge is 0.480 e. The van der Waals surface area contributed by atoms with Gasteiger partial charge in [0.05, 0.1) is 6.61 Å². The molecule has 0 bridgehead atoms. The van der Waals surface area contributed by atoms with Gasteiger partial charge in [-0.1, -0.05) is 24.6 Å². The van der Waals surface area contributed by atoms with E-state index < -0.39 is 29.9 Å². The third kappa shape index (κ3) is 1.62. The third-order valence-electron chi connectivity index (χ3n) is 2.92. The number of halogens is 1. The second-order valence-electron chi connectivity index (χ2n) is 3.60. The zero-order valence-corrected chi connectivity index (χ0v) is 9.23. The predicted molar refractivity (Wildman–Crippen MR) is 56.0 cm³/mol. The van der Waals surface area contributed by atoms with E-state index in [0.29, 0.717) is 0 Å². The summed E-state index contributed by atoms with van der Waals surface area (Å²) in [4.78, 5) is 22.1. The molecular weight excluding hydrogens is 236 g/mol. The van der Waals surface area contributed by atoms with Gasteiger partial charge < -0.3 is 15.3 Å². The number of hydrogen-bond acceptors (Lipinski definition) is 3. The van der Waals surface area contributed by atoms with Crippen molar-refractivity contribution in [3.8, 4) is 0 Å². The Bertz CT molecular complexity index is 398. The SMILES string of the molecule is CC1C(C(=O)O)=CC=C(Cl)C1(CO)C(=O)O. The summed E-state index contributed by atoms with van der Waals surface area (Å²) < 4.78 is 0. The Morgan fingerprint density at radius 1 is 1.44 bits per heavy atom. The second kappa shape index (κ2) is 4.27. The van der Waals surface area contributed by atoms with Gasteiger partial charge >= 0.3 is 11.9 Å². The average molecular weight is 247 g/mol. The molecule has 0 saturated heterocycles. The number of carbonyl (C=O) groups is 2. The van der Waals surface area contributed by atoms with Crippen molar-refractivity contribution in [2.24, 2.45) is 11.3 Å². The smallest absolute Gasteiger partial charge is 0.331 e. The van der Waals surface area contributed by atoms with Crippen LogP contribution in [0.4, 0.5) is 0 Å². The summed E-state index contributed by atoms with van der Waals surface area (Å²) in [7, 11) is 0. The van der Waals surface area contributed by atoms with Crippen molar-refractivity contribution in [2.45, 2.75) is 6.92 Å². The first-order valence-electron chi connectivity index (χ1n) is 4.53. The van der Waals surface area contributed by atoms with Crippen LogP contribution in [0.3, 0.4) is 0 Å². The molecule has 1 rings (SSSR count). The summed E-state index contributed by atoms with van der Waals surface area (Å²) in [6.07, 6.45) is 2.46. The summed E-state index contributed by atoms with van der Waals surface area (Å²) >= 11 is 5.78. The highest BCUT2D eigenvalue weighted by Gasteiger charge is 2.50. The van der Waals surface area contributed by atoms with E-state index in [0.717, 1.165) is 0 Å². The number of aliphatic carboxylic acids is 2.